The Labute approximate surface area is 218 Å². The Kier molecular flexibility index (Phi) is 10.3. The summed E-state index contributed by atoms with van der Waals surface area (Å²) >= 11 is 0. The van der Waals surface area contributed by atoms with E-state index in [0.717, 1.165) is 30.5 Å². The van der Waals surface area contributed by atoms with Crippen LogP contribution in [0.4, 0.5) is 0 Å². The minimum absolute atomic E-state index is 0. The van der Waals surface area contributed by atoms with E-state index in [1.54, 1.807) is 18.6 Å². The third kappa shape index (κ3) is 7.32. The van der Waals surface area contributed by atoms with Crippen molar-refractivity contribution in [3.05, 3.63) is 77.9 Å². The van der Waals surface area contributed by atoms with Gasteiger partial charge in [0.2, 0.25) is 5.91 Å². The molecule has 190 valence electrons. The number of hydrogen-bond donors (Lipinski definition) is 2. The molecule has 2 aromatic heterocycles. The molecule has 0 bridgehead atoms. The summed E-state index contributed by atoms with van der Waals surface area (Å²) in [7, 11) is 0. The molecule has 1 unspecified atom stereocenters. The molecule has 2 amide bonds. The van der Waals surface area contributed by atoms with Gasteiger partial charge in [-0.3, -0.25) is 14.6 Å². The van der Waals surface area contributed by atoms with Gasteiger partial charge >= 0.3 is 0 Å². The largest absolute Gasteiger partial charge is 0.356 e. The normalized spacial score (nSPS) is 17.5. The molecule has 2 N–H and O–H groups in total. The first kappa shape index (κ1) is 27.2. The summed E-state index contributed by atoms with van der Waals surface area (Å²) < 4.78 is 0. The number of aryl methyl sites for hydroxylation is 1. The maximum atomic E-state index is 13.4. The van der Waals surface area contributed by atoms with E-state index in [-0.39, 0.29) is 30.3 Å². The minimum Gasteiger partial charge on any atom is -0.356 e. The number of benzene rings is 1. The summed E-state index contributed by atoms with van der Waals surface area (Å²) in [5, 5.41) is 6.53. The number of rotatable bonds is 3. The maximum absolute atomic E-state index is 13.4. The van der Waals surface area contributed by atoms with Crippen molar-refractivity contribution in [2.45, 2.75) is 38.6 Å². The summed E-state index contributed by atoms with van der Waals surface area (Å²) in [6.45, 7) is 4.35. The lowest BCUT2D eigenvalue weighted by atomic mass is 10.0. The molecular formula is C27H33ClN6O2. The zero-order chi connectivity index (χ0) is 24.5. The van der Waals surface area contributed by atoms with Crippen LogP contribution < -0.4 is 10.6 Å². The monoisotopic (exact) mass is 508 g/mol. The lowest BCUT2D eigenvalue weighted by Gasteiger charge is -2.23. The Hall–Kier alpha value is -3.36. The first-order chi connectivity index (χ1) is 17.1. The second kappa shape index (κ2) is 13.7. The fraction of sp³-hybridized carbons (Fsp3) is 0.370. The predicted octanol–water partition coefficient (Wildman–Crippen LogP) is 3.73. The van der Waals surface area contributed by atoms with Gasteiger partial charge in [0, 0.05) is 56.3 Å². The van der Waals surface area contributed by atoms with Crippen LogP contribution in [0, 0.1) is 6.92 Å². The number of aromatic nitrogens is 3. The summed E-state index contributed by atoms with van der Waals surface area (Å²) in [4.78, 5) is 40.9. The average Bonchev–Trinajstić information content (AvgIpc) is 2.91. The molecule has 0 spiro atoms. The highest BCUT2D eigenvalue weighted by Gasteiger charge is 2.21. The van der Waals surface area contributed by atoms with Crippen molar-refractivity contribution in [1.29, 1.82) is 0 Å². The fourth-order valence-corrected chi connectivity index (χ4v) is 4.25. The number of nitrogens with zero attached hydrogens (tertiary/aromatic N) is 4. The van der Waals surface area contributed by atoms with Crippen LogP contribution in [-0.4, -0.2) is 57.8 Å². The third-order valence-corrected chi connectivity index (χ3v) is 6.18. The van der Waals surface area contributed by atoms with Crippen molar-refractivity contribution in [1.82, 2.24) is 30.5 Å². The molecule has 1 fully saturated rings. The number of halogens is 1. The van der Waals surface area contributed by atoms with Crippen molar-refractivity contribution in [2.75, 3.05) is 26.2 Å². The van der Waals surface area contributed by atoms with Crippen LogP contribution in [0.1, 0.15) is 53.3 Å². The average molecular weight is 509 g/mol. The molecule has 1 aliphatic rings. The number of nitrogens with one attached hydrogen (secondary N) is 2. The third-order valence-electron chi connectivity index (χ3n) is 6.18. The molecule has 1 aliphatic heterocycles. The zero-order valence-corrected chi connectivity index (χ0v) is 21.3. The van der Waals surface area contributed by atoms with Crippen LogP contribution in [0.3, 0.4) is 0 Å². The van der Waals surface area contributed by atoms with E-state index in [1.807, 2.05) is 54.3 Å². The Bertz CT molecular complexity index is 1130. The van der Waals surface area contributed by atoms with Gasteiger partial charge in [-0.2, -0.15) is 0 Å². The maximum Gasteiger partial charge on any atom is 0.257 e. The second-order valence-electron chi connectivity index (χ2n) is 8.76. The minimum atomic E-state index is -0.0726. The zero-order valence-electron chi connectivity index (χ0n) is 20.5. The molecule has 0 saturated carbocycles. The molecule has 1 atom stereocenters. The van der Waals surface area contributed by atoms with Gasteiger partial charge in [-0.1, -0.05) is 30.3 Å². The van der Waals surface area contributed by atoms with Crippen LogP contribution in [0.25, 0.3) is 11.4 Å². The SMILES string of the molecule is Cc1nc(-c2cccnc2)ncc1C(=O)N1CCCCNC(c2ccccc2)CC(=O)NCCC1.Cl. The second-order valence-corrected chi connectivity index (χ2v) is 8.76. The van der Waals surface area contributed by atoms with Crippen LogP contribution in [0.15, 0.2) is 61.1 Å². The molecular weight excluding hydrogens is 476 g/mol. The van der Waals surface area contributed by atoms with Crippen LogP contribution in [-0.2, 0) is 4.79 Å². The van der Waals surface area contributed by atoms with E-state index in [9.17, 15) is 9.59 Å². The van der Waals surface area contributed by atoms with Gasteiger partial charge < -0.3 is 15.5 Å². The quantitative estimate of drug-likeness (QED) is 0.559. The summed E-state index contributed by atoms with van der Waals surface area (Å²) in [6.07, 6.45) is 7.88. The van der Waals surface area contributed by atoms with E-state index >= 15 is 0 Å². The van der Waals surface area contributed by atoms with E-state index in [0.29, 0.717) is 49.6 Å². The summed E-state index contributed by atoms with van der Waals surface area (Å²) in [5.41, 5.74) is 3.08. The van der Waals surface area contributed by atoms with Crippen LogP contribution >= 0.6 is 12.4 Å². The van der Waals surface area contributed by atoms with E-state index in [1.165, 1.54) is 0 Å². The highest BCUT2D eigenvalue weighted by atomic mass is 35.5. The van der Waals surface area contributed by atoms with Gasteiger partial charge in [0.1, 0.15) is 0 Å². The van der Waals surface area contributed by atoms with E-state index in [2.05, 4.69) is 25.6 Å². The first-order valence-corrected chi connectivity index (χ1v) is 12.2. The van der Waals surface area contributed by atoms with Crippen molar-refractivity contribution < 1.29 is 9.59 Å². The van der Waals surface area contributed by atoms with Gasteiger partial charge in [-0.05, 0) is 50.4 Å². The topological polar surface area (TPSA) is 100 Å². The van der Waals surface area contributed by atoms with Gasteiger partial charge in [0.15, 0.2) is 5.82 Å². The standard InChI is InChI=1S/C27H32N6O2.ClH/c1-20-23(19-31-26(32-20)22-11-7-12-28-18-22)27(35)33-15-6-5-13-29-24(21-9-3-2-4-10-21)17-25(34)30-14-8-16-33;/h2-4,7,9-12,18-19,24,29H,5-6,8,13-17H2,1H3,(H,30,34);1H. The van der Waals surface area contributed by atoms with Crippen LogP contribution in [0.2, 0.25) is 0 Å². The summed E-state index contributed by atoms with van der Waals surface area (Å²) in [5.74, 6) is 0.495. The van der Waals surface area contributed by atoms with Gasteiger partial charge in [0.05, 0.1) is 11.3 Å². The van der Waals surface area contributed by atoms with Gasteiger partial charge in [-0.25, -0.2) is 9.97 Å². The molecule has 4 rings (SSSR count). The Morgan fingerprint density at radius 3 is 2.56 bits per heavy atom. The number of carbonyl (C=O) groups excluding carboxylic acids is 2. The molecule has 8 nitrogen and oxygen atoms in total. The molecule has 3 heterocycles. The van der Waals surface area contributed by atoms with Crippen LogP contribution in [0.5, 0.6) is 0 Å². The van der Waals surface area contributed by atoms with Crippen molar-refractivity contribution in [2.24, 2.45) is 0 Å². The first-order valence-electron chi connectivity index (χ1n) is 12.2. The Morgan fingerprint density at radius 2 is 1.81 bits per heavy atom. The number of amides is 2. The van der Waals surface area contributed by atoms with E-state index in [4.69, 9.17) is 0 Å². The summed E-state index contributed by atoms with van der Waals surface area (Å²) in [6, 6.07) is 13.8. The fourth-order valence-electron chi connectivity index (χ4n) is 4.25. The number of carbonyl (C=O) groups is 2. The van der Waals surface area contributed by atoms with Gasteiger partial charge in [-0.15, -0.1) is 12.4 Å². The highest BCUT2D eigenvalue weighted by Crippen LogP contribution is 2.18. The molecule has 1 saturated heterocycles. The molecule has 0 aliphatic carbocycles. The lowest BCUT2D eigenvalue weighted by molar-refractivity contribution is -0.121. The lowest BCUT2D eigenvalue weighted by Crippen LogP contribution is -2.35. The molecule has 0 radical (unpaired) electrons. The molecule has 36 heavy (non-hydrogen) atoms. The van der Waals surface area contributed by atoms with Crippen molar-refractivity contribution in [3.8, 4) is 11.4 Å². The van der Waals surface area contributed by atoms with E-state index < -0.39 is 0 Å². The number of pyridine rings is 1. The predicted molar refractivity (Wildman–Crippen MR) is 142 cm³/mol. The molecule has 3 aromatic rings. The Morgan fingerprint density at radius 1 is 1.00 bits per heavy atom. The van der Waals surface area contributed by atoms with Gasteiger partial charge in [0.25, 0.3) is 5.91 Å². The highest BCUT2D eigenvalue weighted by molar-refractivity contribution is 5.95. The Balaban J connectivity index is 0.00000361. The van der Waals surface area contributed by atoms with Crippen molar-refractivity contribution in [3.63, 3.8) is 0 Å². The smallest absolute Gasteiger partial charge is 0.257 e. The molecule has 1 aromatic carbocycles. The number of hydrogen-bond acceptors (Lipinski definition) is 6. The molecule has 9 heteroatoms. The van der Waals surface area contributed by atoms with Crippen molar-refractivity contribution >= 4 is 24.2 Å².